The Hall–Kier alpha value is -1.48. The van der Waals surface area contributed by atoms with Crippen LogP contribution in [-0.4, -0.2) is 69.4 Å². The molecular formula is C18H30F3N5S. The molecule has 1 aromatic heterocycles. The van der Waals surface area contributed by atoms with Crippen molar-refractivity contribution in [1.82, 2.24) is 15.5 Å². The zero-order chi connectivity index (χ0) is 19.7. The molecule has 1 fully saturated rings. The van der Waals surface area contributed by atoms with Gasteiger partial charge in [-0.05, 0) is 57.3 Å². The van der Waals surface area contributed by atoms with E-state index in [0.29, 0.717) is 25.6 Å². The Kier molecular flexibility index (Phi) is 8.69. The minimum atomic E-state index is -4.15. The summed E-state index contributed by atoms with van der Waals surface area (Å²) in [7, 11) is 1.49. The van der Waals surface area contributed by atoms with E-state index in [0.717, 1.165) is 38.4 Å². The average molecular weight is 406 g/mol. The minimum absolute atomic E-state index is 0.368. The van der Waals surface area contributed by atoms with Crippen LogP contribution in [0, 0.1) is 0 Å². The Bertz CT molecular complexity index is 554. The van der Waals surface area contributed by atoms with Gasteiger partial charge < -0.3 is 15.5 Å². The maximum Gasteiger partial charge on any atom is 0.401 e. The summed E-state index contributed by atoms with van der Waals surface area (Å²) in [6.45, 7) is 4.80. The molecule has 0 amide bonds. The molecule has 0 atom stereocenters. The fourth-order valence-electron chi connectivity index (χ4n) is 3.12. The first-order chi connectivity index (χ1) is 12.9. The first-order valence-electron chi connectivity index (χ1n) is 9.46. The molecule has 0 aromatic carbocycles. The monoisotopic (exact) mass is 405 g/mol. The van der Waals surface area contributed by atoms with Gasteiger partial charge in [0.05, 0.1) is 11.5 Å². The second-order valence-corrected chi connectivity index (χ2v) is 7.75. The number of piperidine rings is 1. The van der Waals surface area contributed by atoms with Crippen LogP contribution in [0.1, 0.15) is 26.2 Å². The van der Waals surface area contributed by atoms with Crippen LogP contribution in [0.5, 0.6) is 0 Å². The molecule has 27 heavy (non-hydrogen) atoms. The Morgan fingerprint density at radius 1 is 1.37 bits per heavy atom. The van der Waals surface area contributed by atoms with Crippen molar-refractivity contribution in [3.8, 4) is 0 Å². The number of nitrogens with one attached hydrogen (secondary N) is 2. The number of alkyl halides is 3. The number of aliphatic imine (C=N–C) groups is 1. The topological polar surface area (TPSA) is 42.9 Å². The normalized spacial score (nSPS) is 16.8. The van der Waals surface area contributed by atoms with Crippen molar-refractivity contribution >= 4 is 22.3 Å². The van der Waals surface area contributed by atoms with E-state index in [-0.39, 0.29) is 0 Å². The lowest BCUT2D eigenvalue weighted by Crippen LogP contribution is -2.48. The van der Waals surface area contributed by atoms with E-state index in [1.807, 2.05) is 6.92 Å². The smallest absolute Gasteiger partial charge is 0.363 e. The molecule has 1 aromatic rings. The number of anilines is 1. The molecule has 0 spiro atoms. The number of rotatable bonds is 8. The van der Waals surface area contributed by atoms with Gasteiger partial charge in [-0.2, -0.15) is 13.2 Å². The summed E-state index contributed by atoms with van der Waals surface area (Å²) in [6, 6.07) is 4.60. The molecule has 9 heteroatoms. The van der Waals surface area contributed by atoms with Crippen LogP contribution in [0.2, 0.25) is 0 Å². The maximum absolute atomic E-state index is 12.3. The van der Waals surface area contributed by atoms with Gasteiger partial charge >= 0.3 is 6.18 Å². The van der Waals surface area contributed by atoms with Crippen LogP contribution in [0.3, 0.4) is 0 Å². The van der Waals surface area contributed by atoms with Crippen molar-refractivity contribution in [1.29, 1.82) is 0 Å². The molecule has 1 saturated heterocycles. The SMILES string of the molecule is CCNC(=NCCCN(C)CC(F)(F)F)NC1CCN(c2cccs2)CC1. The highest BCUT2D eigenvalue weighted by Crippen LogP contribution is 2.24. The molecule has 0 radical (unpaired) electrons. The average Bonchev–Trinajstić information content (AvgIpc) is 3.12. The van der Waals surface area contributed by atoms with E-state index in [4.69, 9.17) is 0 Å². The lowest BCUT2D eigenvalue weighted by molar-refractivity contribution is -0.143. The van der Waals surface area contributed by atoms with Crippen molar-refractivity contribution in [3.05, 3.63) is 17.5 Å². The molecule has 0 bridgehead atoms. The van der Waals surface area contributed by atoms with Crippen LogP contribution in [-0.2, 0) is 0 Å². The van der Waals surface area contributed by atoms with Crippen molar-refractivity contribution in [2.45, 2.75) is 38.4 Å². The number of hydrogen-bond donors (Lipinski definition) is 2. The summed E-state index contributed by atoms with van der Waals surface area (Å²) >= 11 is 1.77. The Labute approximate surface area is 163 Å². The van der Waals surface area contributed by atoms with E-state index in [1.54, 1.807) is 11.3 Å². The summed E-state index contributed by atoms with van der Waals surface area (Å²) in [6.07, 6.45) is -1.47. The van der Waals surface area contributed by atoms with Crippen LogP contribution < -0.4 is 15.5 Å². The first kappa shape index (κ1) is 21.8. The van der Waals surface area contributed by atoms with Crippen LogP contribution in [0.25, 0.3) is 0 Å². The molecule has 5 nitrogen and oxygen atoms in total. The van der Waals surface area contributed by atoms with Gasteiger partial charge in [0, 0.05) is 32.2 Å². The van der Waals surface area contributed by atoms with Gasteiger partial charge in [-0.3, -0.25) is 9.89 Å². The van der Waals surface area contributed by atoms with Crippen molar-refractivity contribution in [2.75, 3.05) is 51.2 Å². The molecule has 2 N–H and O–H groups in total. The quantitative estimate of drug-likeness (QED) is 0.396. The Morgan fingerprint density at radius 2 is 2.11 bits per heavy atom. The lowest BCUT2D eigenvalue weighted by atomic mass is 10.1. The molecule has 0 saturated carbocycles. The van der Waals surface area contributed by atoms with E-state index in [1.165, 1.54) is 16.9 Å². The highest BCUT2D eigenvalue weighted by molar-refractivity contribution is 7.14. The zero-order valence-corrected chi connectivity index (χ0v) is 16.9. The zero-order valence-electron chi connectivity index (χ0n) is 16.1. The number of guanidine groups is 1. The molecule has 154 valence electrons. The summed E-state index contributed by atoms with van der Waals surface area (Å²) < 4.78 is 37.0. The van der Waals surface area contributed by atoms with Gasteiger partial charge in [0.2, 0.25) is 0 Å². The van der Waals surface area contributed by atoms with Gasteiger partial charge in [-0.15, -0.1) is 11.3 Å². The Morgan fingerprint density at radius 3 is 2.70 bits per heavy atom. The van der Waals surface area contributed by atoms with Gasteiger partial charge in [-0.25, -0.2) is 0 Å². The van der Waals surface area contributed by atoms with Crippen molar-refractivity contribution in [3.63, 3.8) is 0 Å². The molecule has 2 heterocycles. The first-order valence-corrected chi connectivity index (χ1v) is 10.3. The van der Waals surface area contributed by atoms with E-state index in [9.17, 15) is 13.2 Å². The fourth-order valence-corrected chi connectivity index (χ4v) is 3.91. The van der Waals surface area contributed by atoms with Gasteiger partial charge in [-0.1, -0.05) is 0 Å². The molecule has 1 aliphatic heterocycles. The molecular weight excluding hydrogens is 375 g/mol. The van der Waals surface area contributed by atoms with Crippen LogP contribution >= 0.6 is 11.3 Å². The fraction of sp³-hybridized carbons (Fsp3) is 0.722. The predicted octanol–water partition coefficient (Wildman–Crippen LogP) is 3.16. The van der Waals surface area contributed by atoms with Gasteiger partial charge in [0.15, 0.2) is 5.96 Å². The summed E-state index contributed by atoms with van der Waals surface area (Å²) in [5.41, 5.74) is 0. The highest BCUT2D eigenvalue weighted by atomic mass is 32.1. The predicted molar refractivity (Wildman–Crippen MR) is 107 cm³/mol. The number of hydrogen-bond acceptors (Lipinski definition) is 4. The largest absolute Gasteiger partial charge is 0.401 e. The van der Waals surface area contributed by atoms with E-state index < -0.39 is 12.7 Å². The second-order valence-electron chi connectivity index (χ2n) is 6.82. The lowest BCUT2D eigenvalue weighted by Gasteiger charge is -2.33. The van der Waals surface area contributed by atoms with Crippen LogP contribution in [0.15, 0.2) is 22.5 Å². The molecule has 0 unspecified atom stereocenters. The Balaban J connectivity index is 1.72. The van der Waals surface area contributed by atoms with E-state index >= 15 is 0 Å². The summed E-state index contributed by atoms with van der Waals surface area (Å²) in [5.74, 6) is 0.755. The summed E-state index contributed by atoms with van der Waals surface area (Å²) in [4.78, 5) is 8.21. The highest BCUT2D eigenvalue weighted by Gasteiger charge is 2.28. The maximum atomic E-state index is 12.3. The van der Waals surface area contributed by atoms with E-state index in [2.05, 4.69) is 38.0 Å². The third-order valence-corrected chi connectivity index (χ3v) is 5.34. The third-order valence-electron chi connectivity index (χ3n) is 4.41. The van der Waals surface area contributed by atoms with Crippen molar-refractivity contribution < 1.29 is 13.2 Å². The van der Waals surface area contributed by atoms with Crippen molar-refractivity contribution in [2.24, 2.45) is 4.99 Å². The van der Waals surface area contributed by atoms with Gasteiger partial charge in [0.25, 0.3) is 0 Å². The number of halogens is 3. The number of thiophene rings is 1. The molecule has 1 aliphatic rings. The third kappa shape index (κ3) is 8.38. The molecule has 0 aliphatic carbocycles. The minimum Gasteiger partial charge on any atom is -0.363 e. The second kappa shape index (κ2) is 10.8. The van der Waals surface area contributed by atoms with Gasteiger partial charge in [0.1, 0.15) is 0 Å². The number of nitrogens with zero attached hydrogens (tertiary/aromatic N) is 3. The molecule has 2 rings (SSSR count). The van der Waals surface area contributed by atoms with Crippen LogP contribution in [0.4, 0.5) is 18.2 Å². The standard InChI is InChI=1S/C18H30F3N5S/c1-3-22-17(23-9-5-10-25(2)14-18(19,20)21)24-15-7-11-26(12-8-15)16-6-4-13-27-16/h4,6,13,15H,3,5,7-12,14H2,1-2H3,(H2,22,23,24). The summed E-state index contributed by atoms with van der Waals surface area (Å²) in [5, 5.41) is 10.1.